The fraction of sp³-hybridized carbons (Fsp3) is 1.00. The molecule has 0 radical (unpaired) electrons. The first kappa shape index (κ1) is 11.1. The molecule has 0 amide bonds. The van der Waals surface area contributed by atoms with E-state index < -0.39 is 0 Å². The van der Waals surface area contributed by atoms with Crippen LogP contribution in [-0.2, 0) is 9.31 Å². The smallest absolute Gasteiger partial charge is 0.410 e. The van der Waals surface area contributed by atoms with Crippen molar-refractivity contribution >= 4 is 7.12 Å². The Bertz CT molecular complexity index is 151. The van der Waals surface area contributed by atoms with E-state index in [1.165, 1.54) is 12.8 Å². The van der Waals surface area contributed by atoms with Gasteiger partial charge in [0.2, 0.25) is 0 Å². The summed E-state index contributed by atoms with van der Waals surface area (Å²) in [7, 11) is 0.0185. The summed E-state index contributed by atoms with van der Waals surface area (Å²) in [5, 5.41) is 0. The summed E-state index contributed by atoms with van der Waals surface area (Å²) in [5.74, 6) is 0.464. The maximum absolute atomic E-state index is 5.69. The molecule has 0 unspecified atom stereocenters. The fourth-order valence-corrected chi connectivity index (χ4v) is 1.79. The first-order valence-corrected chi connectivity index (χ1v) is 5.30. The van der Waals surface area contributed by atoms with Gasteiger partial charge in [0.25, 0.3) is 0 Å². The highest BCUT2D eigenvalue weighted by Crippen LogP contribution is 2.30. The molecule has 0 aromatic carbocycles. The number of hydrogen-bond donors (Lipinski definition) is 0. The molecular weight excluding hydrogens is 163 g/mol. The van der Waals surface area contributed by atoms with Crippen molar-refractivity contribution in [3.05, 3.63) is 0 Å². The van der Waals surface area contributed by atoms with E-state index in [9.17, 15) is 0 Å². The summed E-state index contributed by atoms with van der Waals surface area (Å²) in [6.07, 6.45) is 2.40. The SMILES string of the molecule is CCCC1(C)COB(C(C)C)OC1. The molecule has 0 aromatic heterocycles. The molecule has 0 aliphatic carbocycles. The highest BCUT2D eigenvalue weighted by atomic mass is 16.6. The molecule has 1 aliphatic rings. The van der Waals surface area contributed by atoms with Gasteiger partial charge in [-0.15, -0.1) is 0 Å². The van der Waals surface area contributed by atoms with E-state index in [2.05, 4.69) is 27.7 Å². The molecule has 0 aromatic rings. The molecule has 2 nitrogen and oxygen atoms in total. The zero-order chi connectivity index (χ0) is 9.90. The van der Waals surface area contributed by atoms with Crippen molar-refractivity contribution in [3.63, 3.8) is 0 Å². The Hall–Kier alpha value is -0.0151. The molecule has 76 valence electrons. The van der Waals surface area contributed by atoms with Gasteiger partial charge in [0, 0.05) is 18.6 Å². The number of hydrogen-bond acceptors (Lipinski definition) is 2. The fourth-order valence-electron chi connectivity index (χ4n) is 1.79. The molecule has 0 saturated carbocycles. The summed E-state index contributed by atoms with van der Waals surface area (Å²) >= 11 is 0. The van der Waals surface area contributed by atoms with Crippen molar-refractivity contribution in [2.75, 3.05) is 13.2 Å². The molecule has 1 rings (SSSR count). The molecule has 1 heterocycles. The first-order chi connectivity index (χ1) is 6.07. The minimum atomic E-state index is 0.0185. The van der Waals surface area contributed by atoms with E-state index in [1.807, 2.05) is 0 Å². The maximum Gasteiger partial charge on any atom is 0.459 e. The van der Waals surface area contributed by atoms with Crippen molar-refractivity contribution in [2.24, 2.45) is 5.41 Å². The zero-order valence-electron chi connectivity index (χ0n) is 9.30. The van der Waals surface area contributed by atoms with Crippen molar-refractivity contribution in [1.29, 1.82) is 0 Å². The van der Waals surface area contributed by atoms with Crippen molar-refractivity contribution in [1.82, 2.24) is 0 Å². The lowest BCUT2D eigenvalue weighted by Crippen LogP contribution is -2.43. The third-order valence-corrected chi connectivity index (χ3v) is 2.59. The summed E-state index contributed by atoms with van der Waals surface area (Å²) in [6.45, 7) is 10.4. The van der Waals surface area contributed by atoms with Gasteiger partial charge in [-0.3, -0.25) is 0 Å². The lowest BCUT2D eigenvalue weighted by atomic mass is 9.71. The topological polar surface area (TPSA) is 18.5 Å². The maximum atomic E-state index is 5.69. The average Bonchev–Trinajstić information content (AvgIpc) is 2.05. The Morgan fingerprint density at radius 3 is 2.23 bits per heavy atom. The molecule has 3 heteroatoms. The highest BCUT2D eigenvalue weighted by Gasteiger charge is 2.36. The first-order valence-electron chi connectivity index (χ1n) is 5.30. The van der Waals surface area contributed by atoms with Crippen LogP contribution in [0.25, 0.3) is 0 Å². The quantitative estimate of drug-likeness (QED) is 0.628. The van der Waals surface area contributed by atoms with E-state index in [1.54, 1.807) is 0 Å². The van der Waals surface area contributed by atoms with Crippen LogP contribution in [0.5, 0.6) is 0 Å². The Labute approximate surface area is 82.1 Å². The molecule has 0 spiro atoms. The van der Waals surface area contributed by atoms with Gasteiger partial charge >= 0.3 is 7.12 Å². The van der Waals surface area contributed by atoms with Gasteiger partial charge in [-0.05, 0) is 12.2 Å². The van der Waals surface area contributed by atoms with Gasteiger partial charge in [-0.25, -0.2) is 0 Å². The van der Waals surface area contributed by atoms with Crippen LogP contribution in [0.2, 0.25) is 5.82 Å². The molecule has 1 aliphatic heterocycles. The summed E-state index contributed by atoms with van der Waals surface area (Å²) < 4.78 is 11.4. The van der Waals surface area contributed by atoms with Gasteiger partial charge in [-0.1, -0.05) is 34.1 Å². The van der Waals surface area contributed by atoms with E-state index in [-0.39, 0.29) is 12.5 Å². The summed E-state index contributed by atoms with van der Waals surface area (Å²) in [6, 6.07) is 0. The van der Waals surface area contributed by atoms with Gasteiger partial charge in [0.1, 0.15) is 0 Å². The van der Waals surface area contributed by atoms with Gasteiger partial charge in [-0.2, -0.15) is 0 Å². The van der Waals surface area contributed by atoms with Gasteiger partial charge < -0.3 is 9.31 Å². The van der Waals surface area contributed by atoms with E-state index >= 15 is 0 Å². The largest absolute Gasteiger partial charge is 0.459 e. The Morgan fingerprint density at radius 2 is 1.85 bits per heavy atom. The van der Waals surface area contributed by atoms with Crippen LogP contribution in [-0.4, -0.2) is 20.3 Å². The lowest BCUT2D eigenvalue weighted by molar-refractivity contribution is 0.00786. The molecule has 0 bridgehead atoms. The standard InChI is InChI=1S/C10H21BO2/c1-5-6-10(4)7-12-11(9(2)3)13-8-10/h9H,5-8H2,1-4H3. The van der Waals surface area contributed by atoms with Crippen LogP contribution in [0, 0.1) is 5.41 Å². The zero-order valence-corrected chi connectivity index (χ0v) is 9.30. The van der Waals surface area contributed by atoms with Crippen LogP contribution in [0.3, 0.4) is 0 Å². The van der Waals surface area contributed by atoms with Crippen LogP contribution < -0.4 is 0 Å². The Balaban J connectivity index is 2.37. The third kappa shape index (κ3) is 2.99. The minimum Gasteiger partial charge on any atom is -0.410 e. The molecule has 0 atom stereocenters. The van der Waals surface area contributed by atoms with E-state index in [4.69, 9.17) is 9.31 Å². The second kappa shape index (κ2) is 4.47. The van der Waals surface area contributed by atoms with E-state index in [0.717, 1.165) is 13.2 Å². The van der Waals surface area contributed by atoms with Crippen molar-refractivity contribution in [2.45, 2.75) is 46.4 Å². The monoisotopic (exact) mass is 184 g/mol. The minimum absolute atomic E-state index is 0.0185. The predicted molar refractivity (Wildman–Crippen MR) is 55.8 cm³/mol. The molecule has 0 N–H and O–H groups in total. The van der Waals surface area contributed by atoms with Crippen molar-refractivity contribution < 1.29 is 9.31 Å². The second-order valence-corrected chi connectivity index (χ2v) is 4.80. The summed E-state index contributed by atoms with van der Waals surface area (Å²) in [4.78, 5) is 0. The van der Waals surface area contributed by atoms with Crippen LogP contribution >= 0.6 is 0 Å². The van der Waals surface area contributed by atoms with Crippen LogP contribution in [0.1, 0.15) is 40.5 Å². The Morgan fingerprint density at radius 1 is 1.31 bits per heavy atom. The normalized spacial score (nSPS) is 22.4. The average molecular weight is 184 g/mol. The molecular formula is C10H21BO2. The predicted octanol–water partition coefficient (Wildman–Crippen LogP) is 2.74. The number of rotatable bonds is 3. The lowest BCUT2D eigenvalue weighted by Gasteiger charge is -2.37. The molecule has 1 saturated heterocycles. The second-order valence-electron chi connectivity index (χ2n) is 4.80. The van der Waals surface area contributed by atoms with Crippen LogP contribution in [0.15, 0.2) is 0 Å². The molecule has 13 heavy (non-hydrogen) atoms. The Kier molecular flexibility index (Phi) is 3.80. The van der Waals surface area contributed by atoms with Crippen molar-refractivity contribution in [3.8, 4) is 0 Å². The highest BCUT2D eigenvalue weighted by molar-refractivity contribution is 6.46. The van der Waals surface area contributed by atoms with E-state index in [0.29, 0.717) is 5.82 Å². The van der Waals surface area contributed by atoms with Gasteiger partial charge in [0.15, 0.2) is 0 Å². The van der Waals surface area contributed by atoms with Gasteiger partial charge in [0.05, 0.1) is 0 Å². The summed E-state index contributed by atoms with van der Waals surface area (Å²) in [5.41, 5.74) is 0.250. The van der Waals surface area contributed by atoms with Crippen LogP contribution in [0.4, 0.5) is 0 Å². The third-order valence-electron chi connectivity index (χ3n) is 2.59. The molecule has 1 fully saturated rings.